The summed E-state index contributed by atoms with van der Waals surface area (Å²) < 4.78 is 5.14. The maximum atomic E-state index is 6.17. The zero-order valence-corrected chi connectivity index (χ0v) is 13.2. The molecule has 1 unspecified atom stereocenters. The molecule has 1 atom stereocenters. The third-order valence-corrected chi connectivity index (χ3v) is 3.76. The highest BCUT2D eigenvalue weighted by Crippen LogP contribution is 2.26. The van der Waals surface area contributed by atoms with Gasteiger partial charge in [0, 0.05) is 6.20 Å². The molecule has 0 spiro atoms. The monoisotopic (exact) mass is 325 g/mol. The van der Waals surface area contributed by atoms with Gasteiger partial charge in [0.15, 0.2) is 0 Å². The number of aromatic nitrogens is 1. The molecular weight excluding hydrogens is 309 g/mol. The molecule has 2 aromatic rings. The molecule has 0 fully saturated rings. The van der Waals surface area contributed by atoms with Gasteiger partial charge in [-0.25, -0.2) is 0 Å². The first-order valence-corrected chi connectivity index (χ1v) is 7.29. The van der Waals surface area contributed by atoms with Crippen molar-refractivity contribution in [1.82, 2.24) is 10.4 Å². The van der Waals surface area contributed by atoms with Gasteiger partial charge >= 0.3 is 0 Å². The van der Waals surface area contributed by atoms with E-state index in [4.69, 9.17) is 33.8 Å². The molecule has 0 bridgehead atoms. The van der Waals surface area contributed by atoms with Crippen LogP contribution < -0.4 is 16.0 Å². The van der Waals surface area contributed by atoms with Crippen molar-refractivity contribution >= 4 is 23.2 Å². The molecule has 21 heavy (non-hydrogen) atoms. The Bertz CT molecular complexity index is 590. The molecule has 4 nitrogen and oxygen atoms in total. The second-order valence-electron chi connectivity index (χ2n) is 4.63. The number of nitrogens with zero attached hydrogens (tertiary/aromatic N) is 1. The van der Waals surface area contributed by atoms with Crippen molar-refractivity contribution in [2.75, 3.05) is 7.11 Å². The average Bonchev–Trinajstić information content (AvgIpc) is 2.50. The number of rotatable bonds is 6. The minimum absolute atomic E-state index is 0.128. The molecule has 0 amide bonds. The van der Waals surface area contributed by atoms with Crippen molar-refractivity contribution in [2.24, 2.45) is 5.84 Å². The van der Waals surface area contributed by atoms with Gasteiger partial charge in [0.05, 0.1) is 28.9 Å². The van der Waals surface area contributed by atoms with E-state index in [0.717, 1.165) is 18.6 Å². The Hall–Kier alpha value is -1.33. The molecule has 1 aromatic carbocycles. The third kappa shape index (κ3) is 4.32. The quantitative estimate of drug-likeness (QED) is 0.630. The minimum Gasteiger partial charge on any atom is -0.497 e. The first-order valence-electron chi connectivity index (χ1n) is 6.54. The predicted molar refractivity (Wildman–Crippen MR) is 85.6 cm³/mol. The van der Waals surface area contributed by atoms with Gasteiger partial charge in [-0.1, -0.05) is 35.3 Å². The summed E-state index contributed by atoms with van der Waals surface area (Å²) in [5, 5.41) is 1.02. The second-order valence-corrected chi connectivity index (χ2v) is 5.47. The second kappa shape index (κ2) is 7.61. The van der Waals surface area contributed by atoms with Crippen molar-refractivity contribution in [3.63, 3.8) is 0 Å². The number of aryl methyl sites for hydroxylation is 1. The van der Waals surface area contributed by atoms with Crippen LogP contribution in [0.5, 0.6) is 5.75 Å². The van der Waals surface area contributed by atoms with Gasteiger partial charge < -0.3 is 4.74 Å². The molecular formula is C15H17Cl2N3O. The molecule has 3 N–H and O–H groups in total. The fraction of sp³-hybridized carbons (Fsp3) is 0.267. The van der Waals surface area contributed by atoms with Gasteiger partial charge in [-0.15, -0.1) is 0 Å². The highest BCUT2D eigenvalue weighted by Gasteiger charge is 2.15. The van der Waals surface area contributed by atoms with E-state index in [1.807, 2.05) is 24.3 Å². The summed E-state index contributed by atoms with van der Waals surface area (Å²) in [5.41, 5.74) is 4.66. The first-order chi connectivity index (χ1) is 10.1. The zero-order chi connectivity index (χ0) is 15.2. The van der Waals surface area contributed by atoms with E-state index in [0.29, 0.717) is 15.7 Å². The van der Waals surface area contributed by atoms with Crippen LogP contribution in [0, 0.1) is 0 Å². The lowest BCUT2D eigenvalue weighted by Crippen LogP contribution is -2.29. The molecule has 112 valence electrons. The standard InChI is InChI=1S/C15H17Cl2N3O/c1-21-12-5-2-10(3-6-12)4-7-14(20-18)15-13(17)8-11(16)9-19-15/h2-3,5-6,8-9,14,20H,4,7,18H2,1H3. The van der Waals surface area contributed by atoms with E-state index >= 15 is 0 Å². The maximum absolute atomic E-state index is 6.17. The molecule has 0 aliphatic carbocycles. The molecule has 0 aliphatic heterocycles. The fourth-order valence-corrected chi connectivity index (χ4v) is 2.60. The van der Waals surface area contributed by atoms with Gasteiger partial charge in [0.2, 0.25) is 0 Å². The highest BCUT2D eigenvalue weighted by molar-refractivity contribution is 6.34. The van der Waals surface area contributed by atoms with E-state index in [9.17, 15) is 0 Å². The largest absolute Gasteiger partial charge is 0.497 e. The van der Waals surface area contributed by atoms with Crippen LogP contribution >= 0.6 is 23.2 Å². The number of pyridine rings is 1. The lowest BCUT2D eigenvalue weighted by molar-refractivity contribution is 0.414. The minimum atomic E-state index is -0.128. The molecule has 2 rings (SSSR count). The number of methoxy groups -OCH3 is 1. The van der Waals surface area contributed by atoms with Crippen molar-refractivity contribution < 1.29 is 4.74 Å². The normalized spacial score (nSPS) is 12.2. The predicted octanol–water partition coefficient (Wildman–Crippen LogP) is 3.53. The summed E-state index contributed by atoms with van der Waals surface area (Å²) in [6.07, 6.45) is 3.19. The number of nitrogens with two attached hydrogens (primary N) is 1. The van der Waals surface area contributed by atoms with Crippen molar-refractivity contribution in [2.45, 2.75) is 18.9 Å². The van der Waals surface area contributed by atoms with Gasteiger partial charge in [-0.3, -0.25) is 16.3 Å². The van der Waals surface area contributed by atoms with Crippen molar-refractivity contribution in [1.29, 1.82) is 0 Å². The van der Waals surface area contributed by atoms with E-state index in [-0.39, 0.29) is 6.04 Å². The molecule has 1 heterocycles. The SMILES string of the molecule is COc1ccc(CCC(NN)c2ncc(Cl)cc2Cl)cc1. The van der Waals surface area contributed by atoms with E-state index < -0.39 is 0 Å². The van der Waals surface area contributed by atoms with Crippen LogP contribution in [0.25, 0.3) is 0 Å². The Morgan fingerprint density at radius 1 is 1.29 bits per heavy atom. The number of nitrogens with one attached hydrogen (secondary N) is 1. The summed E-state index contributed by atoms with van der Waals surface area (Å²) in [6, 6.07) is 9.48. The van der Waals surface area contributed by atoms with Gasteiger partial charge in [-0.05, 0) is 36.6 Å². The molecule has 0 radical (unpaired) electrons. The number of hydrogen-bond acceptors (Lipinski definition) is 4. The highest BCUT2D eigenvalue weighted by atomic mass is 35.5. The number of benzene rings is 1. The zero-order valence-electron chi connectivity index (χ0n) is 11.6. The van der Waals surface area contributed by atoms with Crippen LogP contribution in [-0.4, -0.2) is 12.1 Å². The topological polar surface area (TPSA) is 60.2 Å². The third-order valence-electron chi connectivity index (χ3n) is 3.25. The number of hydrogen-bond donors (Lipinski definition) is 2. The Morgan fingerprint density at radius 2 is 2.00 bits per heavy atom. The van der Waals surface area contributed by atoms with E-state index in [1.54, 1.807) is 19.4 Å². The summed E-state index contributed by atoms with van der Waals surface area (Å²) in [5.74, 6) is 6.46. The van der Waals surface area contributed by atoms with Crippen LogP contribution in [0.1, 0.15) is 23.7 Å². The van der Waals surface area contributed by atoms with Gasteiger partial charge in [0.1, 0.15) is 5.75 Å². The molecule has 6 heteroatoms. The lowest BCUT2D eigenvalue weighted by atomic mass is 10.0. The summed E-state index contributed by atoms with van der Waals surface area (Å²) in [4.78, 5) is 4.26. The Morgan fingerprint density at radius 3 is 2.57 bits per heavy atom. The molecule has 0 saturated heterocycles. The van der Waals surface area contributed by atoms with Gasteiger partial charge in [-0.2, -0.15) is 0 Å². The number of ether oxygens (including phenoxy) is 1. The van der Waals surface area contributed by atoms with Gasteiger partial charge in [0.25, 0.3) is 0 Å². The first kappa shape index (κ1) is 16.0. The summed E-state index contributed by atoms with van der Waals surface area (Å²) >= 11 is 12.0. The van der Waals surface area contributed by atoms with E-state index in [1.165, 1.54) is 5.56 Å². The Kier molecular flexibility index (Phi) is 5.82. The number of halogens is 2. The van der Waals surface area contributed by atoms with Crippen molar-refractivity contribution in [3.8, 4) is 5.75 Å². The molecule has 0 aliphatic rings. The molecule has 1 aromatic heterocycles. The van der Waals surface area contributed by atoms with Crippen LogP contribution in [-0.2, 0) is 6.42 Å². The smallest absolute Gasteiger partial charge is 0.118 e. The maximum Gasteiger partial charge on any atom is 0.118 e. The number of hydrazine groups is 1. The molecule has 0 saturated carbocycles. The Balaban J connectivity index is 2.04. The van der Waals surface area contributed by atoms with E-state index in [2.05, 4.69) is 10.4 Å². The summed E-state index contributed by atoms with van der Waals surface area (Å²) in [6.45, 7) is 0. The van der Waals surface area contributed by atoms with Crippen LogP contribution in [0.4, 0.5) is 0 Å². The lowest BCUT2D eigenvalue weighted by Gasteiger charge is -2.16. The van der Waals surface area contributed by atoms with Crippen molar-refractivity contribution in [3.05, 3.63) is 57.8 Å². The average molecular weight is 326 g/mol. The van der Waals surface area contributed by atoms with Crippen LogP contribution in [0.15, 0.2) is 36.5 Å². The fourth-order valence-electron chi connectivity index (χ4n) is 2.08. The Labute approximate surface area is 134 Å². The van der Waals surface area contributed by atoms with Crippen LogP contribution in [0.2, 0.25) is 10.0 Å². The summed E-state index contributed by atoms with van der Waals surface area (Å²) in [7, 11) is 1.65. The van der Waals surface area contributed by atoms with Crippen LogP contribution in [0.3, 0.4) is 0 Å².